The number of benzene rings is 2. The van der Waals surface area contributed by atoms with Crippen molar-refractivity contribution < 1.29 is 34.3 Å². The van der Waals surface area contributed by atoms with Crippen molar-refractivity contribution in [3.8, 4) is 16.9 Å². The monoisotopic (exact) mass is 414 g/mol. The lowest BCUT2D eigenvalue weighted by molar-refractivity contribution is -0.277. The SMILES string of the molecule is Cc1ccc(-c2coc3cc(OC4OC(CO)C(O)C(O)C4O)ccc3c2=O)cc1. The third kappa shape index (κ3) is 3.71. The Labute approximate surface area is 171 Å². The van der Waals surface area contributed by atoms with Crippen LogP contribution in [0.3, 0.4) is 0 Å². The van der Waals surface area contributed by atoms with E-state index in [0.717, 1.165) is 11.1 Å². The molecule has 5 unspecified atom stereocenters. The first-order valence-electron chi connectivity index (χ1n) is 9.49. The van der Waals surface area contributed by atoms with Crippen molar-refractivity contribution in [3.05, 3.63) is 64.5 Å². The number of aliphatic hydroxyl groups is 4. The Balaban J connectivity index is 1.62. The Hall–Kier alpha value is -2.75. The number of aryl methyl sites for hydroxylation is 1. The lowest BCUT2D eigenvalue weighted by Crippen LogP contribution is -2.60. The maximum Gasteiger partial charge on any atom is 0.229 e. The van der Waals surface area contributed by atoms with Gasteiger partial charge in [-0.15, -0.1) is 0 Å². The van der Waals surface area contributed by atoms with Gasteiger partial charge in [0.15, 0.2) is 5.43 Å². The molecule has 1 aliphatic heterocycles. The highest BCUT2D eigenvalue weighted by atomic mass is 16.7. The van der Waals surface area contributed by atoms with E-state index in [1.807, 2.05) is 31.2 Å². The van der Waals surface area contributed by atoms with Gasteiger partial charge in [-0.25, -0.2) is 0 Å². The van der Waals surface area contributed by atoms with Gasteiger partial charge in [-0.05, 0) is 24.6 Å². The predicted molar refractivity (Wildman–Crippen MR) is 107 cm³/mol. The Morgan fingerprint density at radius 2 is 1.73 bits per heavy atom. The number of aliphatic hydroxyl groups excluding tert-OH is 4. The molecular formula is C22H22O8. The van der Waals surface area contributed by atoms with Crippen LogP contribution >= 0.6 is 0 Å². The second-order valence-electron chi connectivity index (χ2n) is 7.32. The fraction of sp³-hybridized carbons (Fsp3) is 0.318. The molecule has 8 nitrogen and oxygen atoms in total. The van der Waals surface area contributed by atoms with Crippen LogP contribution in [0, 0.1) is 6.92 Å². The molecule has 4 N–H and O–H groups in total. The molecule has 30 heavy (non-hydrogen) atoms. The fourth-order valence-corrected chi connectivity index (χ4v) is 3.41. The van der Waals surface area contributed by atoms with E-state index < -0.39 is 37.3 Å². The van der Waals surface area contributed by atoms with Gasteiger partial charge in [0, 0.05) is 6.07 Å². The Kier molecular flexibility index (Phi) is 5.59. The van der Waals surface area contributed by atoms with Crippen LogP contribution in [-0.2, 0) is 4.74 Å². The molecule has 3 aromatic rings. The molecule has 1 fully saturated rings. The van der Waals surface area contributed by atoms with Crippen molar-refractivity contribution in [2.45, 2.75) is 37.6 Å². The zero-order chi connectivity index (χ0) is 21.4. The maximum absolute atomic E-state index is 12.9. The standard InChI is InChI=1S/C22H22O8/c1-11-2-4-12(5-3-11)15-10-28-16-8-13(6-7-14(16)18(15)24)29-22-21(27)20(26)19(25)17(9-23)30-22/h2-8,10,17,19-23,25-27H,9H2,1H3. The average molecular weight is 414 g/mol. The lowest BCUT2D eigenvalue weighted by atomic mass is 9.99. The van der Waals surface area contributed by atoms with Crippen molar-refractivity contribution in [1.29, 1.82) is 0 Å². The largest absolute Gasteiger partial charge is 0.463 e. The molecule has 0 spiro atoms. The van der Waals surface area contributed by atoms with Gasteiger partial charge in [0.25, 0.3) is 0 Å². The van der Waals surface area contributed by atoms with E-state index in [-0.39, 0.29) is 16.8 Å². The second kappa shape index (κ2) is 8.17. The van der Waals surface area contributed by atoms with Crippen molar-refractivity contribution >= 4 is 11.0 Å². The van der Waals surface area contributed by atoms with Crippen LogP contribution in [0.15, 0.2) is 57.9 Å². The highest BCUT2D eigenvalue weighted by molar-refractivity contribution is 5.82. The molecule has 0 saturated carbocycles. The molecule has 158 valence electrons. The van der Waals surface area contributed by atoms with E-state index in [4.69, 9.17) is 13.9 Å². The molecule has 4 rings (SSSR count). The summed E-state index contributed by atoms with van der Waals surface area (Å²) < 4.78 is 16.5. The van der Waals surface area contributed by atoms with Gasteiger partial charge in [0.1, 0.15) is 42.0 Å². The molecule has 0 aliphatic carbocycles. The van der Waals surface area contributed by atoms with E-state index in [1.54, 1.807) is 0 Å². The van der Waals surface area contributed by atoms with Gasteiger partial charge in [0.05, 0.1) is 17.6 Å². The summed E-state index contributed by atoms with van der Waals surface area (Å²) in [7, 11) is 0. The first-order valence-corrected chi connectivity index (χ1v) is 9.49. The maximum atomic E-state index is 12.9. The highest BCUT2D eigenvalue weighted by Gasteiger charge is 2.44. The van der Waals surface area contributed by atoms with Crippen molar-refractivity contribution in [2.24, 2.45) is 0 Å². The summed E-state index contributed by atoms with van der Waals surface area (Å²) in [4.78, 5) is 12.9. The second-order valence-corrected chi connectivity index (χ2v) is 7.32. The van der Waals surface area contributed by atoms with Crippen molar-refractivity contribution in [2.75, 3.05) is 6.61 Å². The molecule has 2 aromatic carbocycles. The van der Waals surface area contributed by atoms with E-state index in [1.165, 1.54) is 24.5 Å². The quantitative estimate of drug-likeness (QED) is 0.497. The smallest absolute Gasteiger partial charge is 0.229 e. The average Bonchev–Trinajstić information content (AvgIpc) is 2.75. The number of ether oxygens (including phenoxy) is 2. The van der Waals surface area contributed by atoms with E-state index >= 15 is 0 Å². The molecule has 1 aliphatic rings. The summed E-state index contributed by atoms with van der Waals surface area (Å²) in [5.41, 5.74) is 2.35. The van der Waals surface area contributed by atoms with Crippen LogP contribution in [0.4, 0.5) is 0 Å². The van der Waals surface area contributed by atoms with Gasteiger partial charge in [-0.3, -0.25) is 4.79 Å². The van der Waals surface area contributed by atoms with Crippen LogP contribution < -0.4 is 10.2 Å². The molecule has 1 saturated heterocycles. The Bertz CT molecular complexity index is 1090. The summed E-state index contributed by atoms with van der Waals surface area (Å²) in [5, 5.41) is 39.5. The summed E-state index contributed by atoms with van der Waals surface area (Å²) in [6.45, 7) is 1.41. The fourth-order valence-electron chi connectivity index (χ4n) is 3.41. The summed E-state index contributed by atoms with van der Waals surface area (Å²) in [6, 6.07) is 12.1. The Morgan fingerprint density at radius 3 is 2.43 bits per heavy atom. The van der Waals surface area contributed by atoms with Gasteiger partial charge in [-0.2, -0.15) is 0 Å². The van der Waals surface area contributed by atoms with E-state index in [9.17, 15) is 25.2 Å². The number of hydrogen-bond acceptors (Lipinski definition) is 8. The molecule has 5 atom stereocenters. The van der Waals surface area contributed by atoms with Gasteiger partial charge in [-0.1, -0.05) is 29.8 Å². The number of fused-ring (bicyclic) bond motifs is 1. The van der Waals surface area contributed by atoms with Crippen LogP contribution in [0.5, 0.6) is 5.75 Å². The minimum atomic E-state index is -1.55. The molecule has 0 bridgehead atoms. The molecule has 1 aromatic heterocycles. The highest BCUT2D eigenvalue weighted by Crippen LogP contribution is 2.27. The van der Waals surface area contributed by atoms with Gasteiger partial charge < -0.3 is 34.3 Å². The summed E-state index contributed by atoms with van der Waals surface area (Å²) in [5.74, 6) is 0.220. The third-order valence-electron chi connectivity index (χ3n) is 5.21. The first kappa shape index (κ1) is 20.5. The summed E-state index contributed by atoms with van der Waals surface area (Å²) in [6.07, 6.45) is -5.57. The van der Waals surface area contributed by atoms with E-state index in [0.29, 0.717) is 10.9 Å². The molecule has 0 amide bonds. The molecule has 0 radical (unpaired) electrons. The zero-order valence-electron chi connectivity index (χ0n) is 16.1. The van der Waals surface area contributed by atoms with Crippen LogP contribution in [0.2, 0.25) is 0 Å². The van der Waals surface area contributed by atoms with Gasteiger partial charge in [0.2, 0.25) is 6.29 Å². The topological polar surface area (TPSA) is 130 Å². The number of hydrogen-bond donors (Lipinski definition) is 4. The van der Waals surface area contributed by atoms with Crippen molar-refractivity contribution in [1.82, 2.24) is 0 Å². The van der Waals surface area contributed by atoms with Crippen LogP contribution in [0.1, 0.15) is 5.56 Å². The van der Waals surface area contributed by atoms with Crippen molar-refractivity contribution in [3.63, 3.8) is 0 Å². The third-order valence-corrected chi connectivity index (χ3v) is 5.21. The first-order chi connectivity index (χ1) is 14.4. The number of rotatable bonds is 4. The molecular weight excluding hydrogens is 392 g/mol. The van der Waals surface area contributed by atoms with Crippen LogP contribution in [0.25, 0.3) is 22.1 Å². The van der Waals surface area contributed by atoms with Gasteiger partial charge >= 0.3 is 0 Å². The summed E-state index contributed by atoms with van der Waals surface area (Å²) >= 11 is 0. The Morgan fingerprint density at radius 1 is 1.00 bits per heavy atom. The minimum Gasteiger partial charge on any atom is -0.463 e. The lowest BCUT2D eigenvalue weighted by Gasteiger charge is -2.39. The molecule has 2 heterocycles. The van der Waals surface area contributed by atoms with E-state index in [2.05, 4.69) is 0 Å². The normalized spacial score (nSPS) is 26.6. The van der Waals surface area contributed by atoms with Crippen LogP contribution in [-0.4, -0.2) is 57.7 Å². The zero-order valence-corrected chi connectivity index (χ0v) is 16.1. The predicted octanol–water partition coefficient (Wildman–Crippen LogP) is 0.947. The minimum absolute atomic E-state index is 0.195. The molecule has 8 heteroatoms.